The molecule has 1 saturated heterocycles. The van der Waals surface area contributed by atoms with Crippen LogP contribution < -0.4 is 5.32 Å². The molecular weight excluding hydrogens is 326 g/mol. The third kappa shape index (κ3) is 3.54. The number of anilines is 1. The van der Waals surface area contributed by atoms with Gasteiger partial charge in [0, 0.05) is 18.8 Å². The Morgan fingerprint density at radius 1 is 1.40 bits per heavy atom. The SMILES string of the molecule is Cc1cc(C(=O)Nc2ccc([C@H]3OCC(=O)N(C)[C@@H]3CO)cc2)no1. The lowest BCUT2D eigenvalue weighted by atomic mass is 9.99. The van der Waals surface area contributed by atoms with Gasteiger partial charge in [-0.25, -0.2) is 0 Å². The summed E-state index contributed by atoms with van der Waals surface area (Å²) in [6.45, 7) is 1.49. The number of ether oxygens (including phenoxy) is 1. The predicted octanol–water partition coefficient (Wildman–Crippen LogP) is 1.13. The van der Waals surface area contributed by atoms with Crippen molar-refractivity contribution in [2.45, 2.75) is 19.1 Å². The van der Waals surface area contributed by atoms with Crippen LogP contribution in [0.25, 0.3) is 0 Å². The largest absolute Gasteiger partial charge is 0.394 e. The number of carbonyl (C=O) groups is 2. The van der Waals surface area contributed by atoms with Crippen molar-refractivity contribution in [3.8, 4) is 0 Å². The van der Waals surface area contributed by atoms with E-state index in [0.717, 1.165) is 5.56 Å². The first kappa shape index (κ1) is 17.1. The van der Waals surface area contributed by atoms with Crippen molar-refractivity contribution in [1.82, 2.24) is 10.1 Å². The van der Waals surface area contributed by atoms with E-state index in [0.29, 0.717) is 11.4 Å². The molecule has 0 radical (unpaired) electrons. The van der Waals surface area contributed by atoms with Crippen LogP contribution in [0.1, 0.15) is 27.9 Å². The van der Waals surface area contributed by atoms with Gasteiger partial charge in [0.1, 0.15) is 18.5 Å². The van der Waals surface area contributed by atoms with E-state index in [1.54, 1.807) is 44.3 Å². The van der Waals surface area contributed by atoms with Crippen LogP contribution in [0.15, 0.2) is 34.9 Å². The summed E-state index contributed by atoms with van der Waals surface area (Å²) in [6.07, 6.45) is -0.421. The highest BCUT2D eigenvalue weighted by molar-refractivity contribution is 6.02. The van der Waals surface area contributed by atoms with Crippen LogP contribution in [0, 0.1) is 6.92 Å². The number of aliphatic hydroxyl groups excluding tert-OH is 1. The van der Waals surface area contributed by atoms with E-state index < -0.39 is 12.1 Å². The number of amides is 2. The van der Waals surface area contributed by atoms with Gasteiger partial charge in [-0.2, -0.15) is 0 Å². The maximum Gasteiger partial charge on any atom is 0.277 e. The molecular formula is C17H19N3O5. The van der Waals surface area contributed by atoms with Gasteiger partial charge < -0.3 is 24.6 Å². The van der Waals surface area contributed by atoms with E-state index >= 15 is 0 Å². The van der Waals surface area contributed by atoms with Crippen LogP contribution in [0.5, 0.6) is 0 Å². The van der Waals surface area contributed by atoms with Crippen LogP contribution in [-0.4, -0.2) is 53.3 Å². The number of likely N-dealkylation sites (N-methyl/N-ethyl adjacent to an activating group) is 1. The molecule has 2 amide bonds. The molecule has 1 aliphatic rings. The summed E-state index contributed by atoms with van der Waals surface area (Å²) in [4.78, 5) is 25.2. The molecule has 0 spiro atoms. The summed E-state index contributed by atoms with van der Waals surface area (Å²) < 4.78 is 10.5. The summed E-state index contributed by atoms with van der Waals surface area (Å²) in [5.74, 6) is 0.0304. The molecule has 132 valence electrons. The summed E-state index contributed by atoms with van der Waals surface area (Å²) in [5, 5.41) is 16.0. The van der Waals surface area contributed by atoms with Gasteiger partial charge in [-0.1, -0.05) is 17.3 Å². The number of aromatic nitrogens is 1. The molecule has 0 unspecified atom stereocenters. The molecule has 1 aromatic carbocycles. The number of aryl methyl sites for hydroxylation is 1. The molecule has 2 N–H and O–H groups in total. The van der Waals surface area contributed by atoms with E-state index in [4.69, 9.17) is 9.26 Å². The second-order valence-electron chi connectivity index (χ2n) is 5.89. The summed E-state index contributed by atoms with van der Waals surface area (Å²) in [7, 11) is 1.65. The summed E-state index contributed by atoms with van der Waals surface area (Å²) >= 11 is 0. The number of rotatable bonds is 4. The minimum atomic E-state index is -0.445. The number of hydrogen-bond donors (Lipinski definition) is 2. The second-order valence-corrected chi connectivity index (χ2v) is 5.89. The normalized spacial score (nSPS) is 20.6. The van der Waals surface area contributed by atoms with Gasteiger partial charge in [-0.3, -0.25) is 9.59 Å². The first-order chi connectivity index (χ1) is 12.0. The molecule has 0 aliphatic carbocycles. The maximum absolute atomic E-state index is 12.1. The Morgan fingerprint density at radius 3 is 2.72 bits per heavy atom. The summed E-state index contributed by atoms with van der Waals surface area (Å²) in [6, 6.07) is 8.15. The summed E-state index contributed by atoms with van der Waals surface area (Å²) in [5.41, 5.74) is 1.61. The van der Waals surface area contributed by atoms with Crippen LogP contribution in [0.4, 0.5) is 5.69 Å². The zero-order chi connectivity index (χ0) is 18.0. The molecule has 0 saturated carbocycles. The molecule has 3 rings (SSSR count). The molecule has 1 aliphatic heterocycles. The van der Waals surface area contributed by atoms with E-state index in [1.807, 2.05) is 0 Å². The fraction of sp³-hybridized carbons (Fsp3) is 0.353. The molecule has 8 heteroatoms. The Labute approximate surface area is 144 Å². The molecule has 2 heterocycles. The van der Waals surface area contributed by atoms with Crippen molar-refractivity contribution in [3.05, 3.63) is 47.3 Å². The molecule has 0 bridgehead atoms. The molecule has 25 heavy (non-hydrogen) atoms. The van der Waals surface area contributed by atoms with E-state index in [9.17, 15) is 14.7 Å². The van der Waals surface area contributed by atoms with Crippen LogP contribution in [0.3, 0.4) is 0 Å². The van der Waals surface area contributed by atoms with Crippen molar-refractivity contribution in [2.75, 3.05) is 25.6 Å². The van der Waals surface area contributed by atoms with E-state index in [2.05, 4.69) is 10.5 Å². The van der Waals surface area contributed by atoms with E-state index in [1.165, 1.54) is 4.90 Å². The molecule has 1 fully saturated rings. The van der Waals surface area contributed by atoms with Crippen LogP contribution in [0.2, 0.25) is 0 Å². The number of aliphatic hydroxyl groups is 1. The third-order valence-corrected chi connectivity index (χ3v) is 4.17. The lowest BCUT2D eigenvalue weighted by molar-refractivity contribution is -0.157. The van der Waals surface area contributed by atoms with Gasteiger partial charge >= 0.3 is 0 Å². The fourth-order valence-corrected chi connectivity index (χ4v) is 2.72. The zero-order valence-electron chi connectivity index (χ0n) is 13.9. The molecule has 1 aromatic heterocycles. The second kappa shape index (κ2) is 7.04. The highest BCUT2D eigenvalue weighted by Gasteiger charge is 2.34. The van der Waals surface area contributed by atoms with Crippen molar-refractivity contribution in [2.24, 2.45) is 0 Å². The smallest absolute Gasteiger partial charge is 0.277 e. The lowest BCUT2D eigenvalue weighted by Crippen LogP contribution is -2.50. The average molecular weight is 345 g/mol. The lowest BCUT2D eigenvalue weighted by Gasteiger charge is -2.38. The van der Waals surface area contributed by atoms with Gasteiger partial charge in [0.05, 0.1) is 12.6 Å². The number of nitrogens with one attached hydrogen (secondary N) is 1. The number of morpholine rings is 1. The van der Waals surface area contributed by atoms with Crippen molar-refractivity contribution >= 4 is 17.5 Å². The Balaban J connectivity index is 1.71. The molecule has 8 nitrogen and oxygen atoms in total. The first-order valence-corrected chi connectivity index (χ1v) is 7.82. The Bertz CT molecular complexity index is 771. The maximum atomic E-state index is 12.1. The fourth-order valence-electron chi connectivity index (χ4n) is 2.72. The van der Waals surface area contributed by atoms with Crippen molar-refractivity contribution in [3.63, 3.8) is 0 Å². The Hall–Kier alpha value is -2.71. The topological polar surface area (TPSA) is 105 Å². The van der Waals surface area contributed by atoms with Gasteiger partial charge in [0.2, 0.25) is 5.91 Å². The quantitative estimate of drug-likeness (QED) is 0.860. The zero-order valence-corrected chi connectivity index (χ0v) is 13.9. The standard InChI is InChI=1S/C17H19N3O5/c1-10-7-13(19-25-10)17(23)18-12-5-3-11(4-6-12)16-14(8-21)20(2)15(22)9-24-16/h3-7,14,16,21H,8-9H2,1-2H3,(H,18,23)/t14-,16-/m1/s1. The number of hydrogen-bond acceptors (Lipinski definition) is 6. The van der Waals surface area contributed by atoms with Gasteiger partial charge in [0.25, 0.3) is 5.91 Å². The number of nitrogens with zero attached hydrogens (tertiary/aromatic N) is 2. The minimum Gasteiger partial charge on any atom is -0.394 e. The van der Waals surface area contributed by atoms with Crippen molar-refractivity contribution < 1.29 is 24.0 Å². The predicted molar refractivity (Wildman–Crippen MR) is 88.0 cm³/mol. The first-order valence-electron chi connectivity index (χ1n) is 7.82. The average Bonchev–Trinajstić information content (AvgIpc) is 3.04. The Morgan fingerprint density at radius 2 is 2.12 bits per heavy atom. The van der Waals surface area contributed by atoms with Crippen LogP contribution in [-0.2, 0) is 9.53 Å². The van der Waals surface area contributed by atoms with Gasteiger partial charge in [-0.05, 0) is 24.6 Å². The number of benzene rings is 1. The van der Waals surface area contributed by atoms with Gasteiger partial charge in [0.15, 0.2) is 5.69 Å². The molecule has 2 aromatic rings. The third-order valence-electron chi connectivity index (χ3n) is 4.17. The van der Waals surface area contributed by atoms with Crippen molar-refractivity contribution in [1.29, 1.82) is 0 Å². The van der Waals surface area contributed by atoms with Crippen LogP contribution >= 0.6 is 0 Å². The van der Waals surface area contributed by atoms with Gasteiger partial charge in [-0.15, -0.1) is 0 Å². The highest BCUT2D eigenvalue weighted by atomic mass is 16.5. The highest BCUT2D eigenvalue weighted by Crippen LogP contribution is 2.29. The van der Waals surface area contributed by atoms with E-state index in [-0.39, 0.29) is 30.7 Å². The Kier molecular flexibility index (Phi) is 4.82. The molecule has 2 atom stereocenters. The monoisotopic (exact) mass is 345 g/mol. The number of carbonyl (C=O) groups excluding carboxylic acids is 2. The minimum absolute atomic E-state index is 0.0261.